The molecule has 23 heavy (non-hydrogen) atoms. The van der Waals surface area contributed by atoms with Crippen LogP contribution in [0.15, 0.2) is 84.9 Å². The van der Waals surface area contributed by atoms with E-state index in [0.29, 0.717) is 0 Å². The van der Waals surface area contributed by atoms with Gasteiger partial charge in [0, 0.05) is 0 Å². The van der Waals surface area contributed by atoms with Crippen molar-refractivity contribution >= 4 is 55.5 Å². The maximum absolute atomic E-state index is 3.91. The fourth-order valence-electron chi connectivity index (χ4n) is 3.10. The van der Waals surface area contributed by atoms with Crippen LogP contribution in [0.5, 0.6) is 0 Å². The van der Waals surface area contributed by atoms with E-state index in [1.54, 1.807) is 0 Å². The van der Waals surface area contributed by atoms with E-state index in [2.05, 4.69) is 124 Å². The molecule has 3 heteroatoms. The van der Waals surface area contributed by atoms with Crippen LogP contribution in [-0.2, 0) is 0 Å². The molecule has 3 aromatic rings. The molecule has 0 bridgehead atoms. The van der Waals surface area contributed by atoms with Gasteiger partial charge >= 0.3 is 0 Å². The molecule has 0 aliphatic carbocycles. The van der Waals surface area contributed by atoms with Gasteiger partial charge in [-0.2, -0.15) is 0 Å². The van der Waals surface area contributed by atoms with Crippen molar-refractivity contribution in [2.24, 2.45) is 0 Å². The normalized spacial score (nSPS) is 11.7. The molecular weight excluding hydrogens is 428 g/mol. The van der Waals surface area contributed by atoms with Crippen LogP contribution in [0.2, 0.25) is 0 Å². The number of halogens is 2. The average molecular weight is 446 g/mol. The Labute approximate surface area is 155 Å². The van der Waals surface area contributed by atoms with E-state index in [-0.39, 0.29) is 3.36 Å². The number of hydrogen-bond acceptors (Lipinski definition) is 0. The highest BCUT2D eigenvalue weighted by atomic mass is 79.9. The van der Waals surface area contributed by atoms with Crippen molar-refractivity contribution in [2.75, 3.05) is 0 Å². The molecule has 0 heterocycles. The minimum Gasteiger partial charge on any atom is -0.0789 e. The zero-order valence-electron chi connectivity index (χ0n) is 12.9. The Morgan fingerprint density at radius 1 is 0.609 bits per heavy atom. The summed E-state index contributed by atoms with van der Waals surface area (Å²) >= 11 is 7.81. The maximum atomic E-state index is 3.91. The lowest BCUT2D eigenvalue weighted by Crippen LogP contribution is -2.71. The summed E-state index contributed by atoms with van der Waals surface area (Å²) in [5.74, 6) is 0. The fraction of sp³-hybridized carbons (Fsp3) is 0.100. The molecule has 0 unspecified atom stereocenters. The first kappa shape index (κ1) is 16.7. The van der Waals surface area contributed by atoms with Gasteiger partial charge in [-0.3, -0.25) is 0 Å². The molecule has 0 saturated carbocycles. The first-order chi connectivity index (χ1) is 11.2. The highest BCUT2D eigenvalue weighted by molar-refractivity contribution is 9.25. The van der Waals surface area contributed by atoms with Crippen LogP contribution in [0.4, 0.5) is 0 Å². The van der Waals surface area contributed by atoms with Crippen molar-refractivity contribution < 1.29 is 0 Å². The number of aryl methyl sites for hydroxylation is 1. The summed E-state index contributed by atoms with van der Waals surface area (Å²) in [5.41, 5.74) is 1.29. The monoisotopic (exact) mass is 444 g/mol. The molecule has 116 valence electrons. The Morgan fingerprint density at radius 3 is 1.39 bits per heavy atom. The Morgan fingerprint density at radius 2 is 1.00 bits per heavy atom. The third-order valence-electron chi connectivity index (χ3n) is 4.29. The molecular formula is C20H18Br2Si. The van der Waals surface area contributed by atoms with Gasteiger partial charge in [-0.1, -0.05) is 122 Å². The molecule has 0 spiro atoms. The second-order valence-corrected chi connectivity index (χ2v) is 14.4. The Hall–Kier alpha value is -1.16. The third kappa shape index (κ3) is 3.10. The van der Waals surface area contributed by atoms with E-state index in [9.17, 15) is 0 Å². The minimum absolute atomic E-state index is 0.204. The fourth-order valence-corrected chi connectivity index (χ4v) is 11.7. The van der Waals surface area contributed by atoms with E-state index in [0.717, 1.165) is 0 Å². The lowest BCUT2D eigenvalue weighted by molar-refractivity contribution is 1.48. The van der Waals surface area contributed by atoms with Crippen molar-refractivity contribution in [1.82, 2.24) is 0 Å². The van der Waals surface area contributed by atoms with Crippen LogP contribution >= 0.6 is 31.9 Å². The quantitative estimate of drug-likeness (QED) is 0.322. The van der Waals surface area contributed by atoms with E-state index >= 15 is 0 Å². The van der Waals surface area contributed by atoms with Crippen LogP contribution in [-0.4, -0.2) is 11.4 Å². The first-order valence-electron chi connectivity index (χ1n) is 7.62. The summed E-state index contributed by atoms with van der Waals surface area (Å²) < 4.78 is 0.204. The van der Waals surface area contributed by atoms with Crippen molar-refractivity contribution in [3.63, 3.8) is 0 Å². The van der Waals surface area contributed by atoms with Crippen LogP contribution in [0.1, 0.15) is 5.56 Å². The highest BCUT2D eigenvalue weighted by Crippen LogP contribution is 2.23. The number of rotatable bonds is 4. The molecule has 0 atom stereocenters. The Kier molecular flexibility index (Phi) is 5.20. The van der Waals surface area contributed by atoms with Gasteiger partial charge < -0.3 is 0 Å². The van der Waals surface area contributed by atoms with E-state index in [4.69, 9.17) is 0 Å². The minimum atomic E-state index is -2.19. The average Bonchev–Trinajstić information content (AvgIpc) is 2.59. The second kappa shape index (κ2) is 7.16. The van der Waals surface area contributed by atoms with Gasteiger partial charge in [-0.25, -0.2) is 0 Å². The predicted molar refractivity (Wildman–Crippen MR) is 110 cm³/mol. The molecule has 3 rings (SSSR count). The molecule has 0 aromatic heterocycles. The number of hydrogen-bond donors (Lipinski definition) is 0. The predicted octanol–water partition coefficient (Wildman–Crippen LogP) is 4.12. The van der Waals surface area contributed by atoms with Gasteiger partial charge in [-0.05, 0) is 22.5 Å². The largest absolute Gasteiger partial charge is 0.173 e. The molecule has 0 fully saturated rings. The molecule has 0 amide bonds. The van der Waals surface area contributed by atoms with E-state index in [1.807, 2.05) is 0 Å². The zero-order valence-corrected chi connectivity index (χ0v) is 17.1. The lowest BCUT2D eigenvalue weighted by atomic mass is 10.2. The lowest BCUT2D eigenvalue weighted by Gasteiger charge is -2.35. The van der Waals surface area contributed by atoms with E-state index < -0.39 is 8.07 Å². The van der Waals surface area contributed by atoms with Crippen molar-refractivity contribution in [1.29, 1.82) is 0 Å². The number of alkyl halides is 2. The van der Waals surface area contributed by atoms with Crippen molar-refractivity contribution in [3.05, 3.63) is 90.5 Å². The molecule has 0 nitrogen and oxygen atoms in total. The third-order valence-corrected chi connectivity index (χ3v) is 12.8. The van der Waals surface area contributed by atoms with Crippen LogP contribution in [0, 0.1) is 6.92 Å². The van der Waals surface area contributed by atoms with Crippen LogP contribution < -0.4 is 15.6 Å². The summed E-state index contributed by atoms with van der Waals surface area (Å²) in [6.45, 7) is 2.14. The standard InChI is InChI=1S/C20H18Br2Si/c1-16-12-14-19(15-13-16)23(20(21)22,17-8-4-2-5-9-17)18-10-6-3-7-11-18/h2-15,20H,1H3. The molecule has 0 N–H and O–H groups in total. The maximum Gasteiger partial charge on any atom is 0.173 e. The molecule has 0 saturated heterocycles. The summed E-state index contributed by atoms with van der Waals surface area (Å²) in [6, 6.07) is 30.7. The van der Waals surface area contributed by atoms with Gasteiger partial charge in [0.15, 0.2) is 8.07 Å². The van der Waals surface area contributed by atoms with Gasteiger partial charge in [0.1, 0.15) is 0 Å². The Balaban J connectivity index is 2.34. The van der Waals surface area contributed by atoms with Gasteiger partial charge in [0.2, 0.25) is 0 Å². The molecule has 0 radical (unpaired) electrons. The Bertz CT molecular complexity index is 713. The summed E-state index contributed by atoms with van der Waals surface area (Å²) in [6.07, 6.45) is 0. The first-order valence-corrected chi connectivity index (χ1v) is 11.5. The topological polar surface area (TPSA) is 0 Å². The molecule has 0 aliphatic rings. The zero-order chi connectivity index (χ0) is 16.3. The van der Waals surface area contributed by atoms with Gasteiger partial charge in [0.25, 0.3) is 0 Å². The van der Waals surface area contributed by atoms with Crippen LogP contribution in [0.3, 0.4) is 0 Å². The summed E-state index contributed by atoms with van der Waals surface area (Å²) in [5, 5.41) is 4.20. The SMILES string of the molecule is Cc1ccc([Si](c2ccccc2)(c2ccccc2)C(Br)Br)cc1. The smallest absolute Gasteiger partial charge is 0.0789 e. The van der Waals surface area contributed by atoms with Gasteiger partial charge in [0.05, 0.1) is 3.36 Å². The van der Waals surface area contributed by atoms with Gasteiger partial charge in [-0.15, -0.1) is 0 Å². The highest BCUT2D eigenvalue weighted by Gasteiger charge is 2.44. The van der Waals surface area contributed by atoms with Crippen LogP contribution in [0.25, 0.3) is 0 Å². The van der Waals surface area contributed by atoms with Crippen molar-refractivity contribution in [3.8, 4) is 0 Å². The molecule has 3 aromatic carbocycles. The second-order valence-electron chi connectivity index (χ2n) is 5.71. The van der Waals surface area contributed by atoms with E-state index in [1.165, 1.54) is 21.1 Å². The molecule has 0 aliphatic heterocycles. The summed E-state index contributed by atoms with van der Waals surface area (Å²) in [7, 11) is -2.19. The van der Waals surface area contributed by atoms with Crippen molar-refractivity contribution in [2.45, 2.75) is 10.3 Å². The summed E-state index contributed by atoms with van der Waals surface area (Å²) in [4.78, 5) is 0. The number of benzene rings is 3.